The Bertz CT molecular complexity index is 684. The summed E-state index contributed by atoms with van der Waals surface area (Å²) in [6.45, 7) is 1.58. The first kappa shape index (κ1) is 15.4. The lowest BCUT2D eigenvalue weighted by Gasteiger charge is -2.30. The highest BCUT2D eigenvalue weighted by Crippen LogP contribution is 2.36. The summed E-state index contributed by atoms with van der Waals surface area (Å²) < 4.78 is 24.4. The molecule has 0 aliphatic carbocycles. The van der Waals surface area contributed by atoms with Gasteiger partial charge < -0.3 is 5.11 Å². The van der Waals surface area contributed by atoms with Crippen molar-refractivity contribution in [3.63, 3.8) is 0 Å². The van der Waals surface area contributed by atoms with Gasteiger partial charge in [0.1, 0.15) is 17.5 Å². The number of hydrogen-bond acceptors (Lipinski definition) is 5. The molecule has 1 saturated heterocycles. The van der Waals surface area contributed by atoms with E-state index >= 15 is 0 Å². The lowest BCUT2D eigenvalue weighted by atomic mass is 10.2. The molecular formula is C12H15N2O6S+. The maximum Gasteiger partial charge on any atom is 0.529 e. The summed E-state index contributed by atoms with van der Waals surface area (Å²) in [6.07, 6.45) is -0.420. The SMILES string of the molecule is C[C@@H]1CCC[N+]1(C(=O)O)S(=O)(=O)c1ccc([N+](=O)[O-])cc1. The second-order valence-electron chi connectivity index (χ2n) is 5.02. The molecule has 1 aromatic rings. The summed E-state index contributed by atoms with van der Waals surface area (Å²) in [7, 11) is -4.18. The molecule has 0 saturated carbocycles. The Morgan fingerprint density at radius 2 is 1.95 bits per heavy atom. The zero-order chi connectivity index (χ0) is 15.8. The topological polar surface area (TPSA) is 115 Å². The number of hydrogen-bond donors (Lipinski definition) is 1. The quantitative estimate of drug-likeness (QED) is 0.518. The molecule has 1 N–H and O–H groups in total. The normalized spacial score (nSPS) is 25.7. The molecule has 1 heterocycles. The number of likely N-dealkylation sites (tertiary alicyclic amines) is 1. The van der Waals surface area contributed by atoms with Gasteiger partial charge in [0.15, 0.2) is 0 Å². The molecule has 1 unspecified atom stereocenters. The first-order valence-corrected chi connectivity index (χ1v) is 7.78. The highest BCUT2D eigenvalue weighted by Gasteiger charge is 2.57. The Hall–Kier alpha value is -2.00. The van der Waals surface area contributed by atoms with E-state index in [9.17, 15) is 28.4 Å². The third kappa shape index (κ3) is 2.18. The van der Waals surface area contributed by atoms with Gasteiger partial charge in [-0.3, -0.25) is 10.1 Å². The molecule has 1 amide bonds. The smallest absolute Gasteiger partial charge is 0.435 e. The number of carboxylic acid groups (broad SMARTS) is 1. The number of amides is 1. The number of nitrogens with zero attached hydrogens (tertiary/aromatic N) is 2. The van der Waals surface area contributed by atoms with E-state index in [4.69, 9.17) is 0 Å². The van der Waals surface area contributed by atoms with Gasteiger partial charge in [0.2, 0.25) is 0 Å². The minimum absolute atomic E-state index is 0.00415. The summed E-state index contributed by atoms with van der Waals surface area (Å²) in [5.74, 6) is 0. The van der Waals surface area contributed by atoms with Crippen LogP contribution in [0.1, 0.15) is 19.8 Å². The average molecular weight is 315 g/mol. The van der Waals surface area contributed by atoms with Crippen LogP contribution in [0.5, 0.6) is 0 Å². The second kappa shape index (κ2) is 5.08. The van der Waals surface area contributed by atoms with Crippen molar-refractivity contribution in [3.8, 4) is 0 Å². The van der Waals surface area contributed by atoms with Gasteiger partial charge in [0.05, 0.1) is 4.92 Å². The van der Waals surface area contributed by atoms with Crippen molar-refractivity contribution in [3.05, 3.63) is 34.4 Å². The van der Waals surface area contributed by atoms with Crippen LogP contribution in [0.4, 0.5) is 10.5 Å². The van der Waals surface area contributed by atoms with Crippen LogP contribution in [0.2, 0.25) is 0 Å². The van der Waals surface area contributed by atoms with E-state index in [-0.39, 0.29) is 17.1 Å². The molecule has 1 aliphatic rings. The van der Waals surface area contributed by atoms with Crippen LogP contribution in [0, 0.1) is 10.1 Å². The molecular weight excluding hydrogens is 300 g/mol. The maximum atomic E-state index is 12.7. The molecule has 8 nitrogen and oxygen atoms in total. The van der Waals surface area contributed by atoms with Gasteiger partial charge in [-0.15, -0.1) is 3.89 Å². The summed E-state index contributed by atoms with van der Waals surface area (Å²) in [5, 5.41) is 20.1. The van der Waals surface area contributed by atoms with E-state index in [0.717, 1.165) is 24.3 Å². The number of sulfonamides is 1. The van der Waals surface area contributed by atoms with E-state index in [1.54, 1.807) is 6.92 Å². The molecule has 9 heteroatoms. The fourth-order valence-corrected chi connectivity index (χ4v) is 4.73. The summed E-state index contributed by atoms with van der Waals surface area (Å²) in [6, 6.07) is 3.73. The molecule has 1 aromatic carbocycles. The fourth-order valence-electron chi connectivity index (χ4n) is 2.72. The molecule has 1 fully saturated rings. The number of quaternary nitrogens is 1. The number of nitro benzene ring substituents is 1. The summed E-state index contributed by atoms with van der Waals surface area (Å²) in [4.78, 5) is 21.4. The van der Waals surface area contributed by atoms with Crippen LogP contribution >= 0.6 is 0 Å². The van der Waals surface area contributed by atoms with Gasteiger partial charge in [-0.1, -0.05) is 0 Å². The van der Waals surface area contributed by atoms with E-state index < -0.39 is 31.0 Å². The number of nitro groups is 1. The highest BCUT2D eigenvalue weighted by molar-refractivity contribution is 7.86. The van der Waals surface area contributed by atoms with Crippen molar-refractivity contribution in [1.82, 2.24) is 0 Å². The van der Waals surface area contributed by atoms with Crippen molar-refractivity contribution in [1.29, 1.82) is 0 Å². The van der Waals surface area contributed by atoms with E-state index in [2.05, 4.69) is 0 Å². The van der Waals surface area contributed by atoms with Crippen molar-refractivity contribution in [2.45, 2.75) is 30.7 Å². The second-order valence-corrected chi connectivity index (χ2v) is 7.09. The van der Waals surface area contributed by atoms with Crippen LogP contribution < -0.4 is 0 Å². The number of benzene rings is 1. The molecule has 2 rings (SSSR count). The van der Waals surface area contributed by atoms with Gasteiger partial charge >= 0.3 is 16.1 Å². The molecule has 114 valence electrons. The van der Waals surface area contributed by atoms with Crippen molar-refractivity contribution in [2.24, 2.45) is 0 Å². The van der Waals surface area contributed by atoms with Crippen molar-refractivity contribution >= 4 is 21.8 Å². The minimum atomic E-state index is -4.18. The Kier molecular flexibility index (Phi) is 3.72. The zero-order valence-electron chi connectivity index (χ0n) is 11.3. The third-order valence-electron chi connectivity index (χ3n) is 3.92. The van der Waals surface area contributed by atoms with Crippen LogP contribution in [0.25, 0.3) is 0 Å². The largest absolute Gasteiger partial charge is 0.529 e. The Morgan fingerprint density at radius 1 is 1.38 bits per heavy atom. The molecule has 2 atom stereocenters. The third-order valence-corrected chi connectivity index (χ3v) is 6.35. The van der Waals surface area contributed by atoms with Crippen LogP contribution in [0.15, 0.2) is 29.2 Å². The molecule has 21 heavy (non-hydrogen) atoms. The van der Waals surface area contributed by atoms with Crippen LogP contribution in [-0.2, 0) is 10.0 Å². The standard InChI is InChI=1S/C12H14N2O6S/c1-9-3-2-8-14(9,12(15)16)21(19,20)11-6-4-10(5-7-11)13(17)18/h4-7,9H,2-3,8H2,1H3/p+1/t9-,14?/m1/s1. The van der Waals surface area contributed by atoms with E-state index in [0.29, 0.717) is 12.8 Å². The molecule has 0 radical (unpaired) electrons. The van der Waals surface area contributed by atoms with Gasteiger partial charge in [-0.05, 0) is 19.1 Å². The summed E-state index contributed by atoms with van der Waals surface area (Å²) >= 11 is 0. The average Bonchev–Trinajstić information content (AvgIpc) is 2.82. The monoisotopic (exact) mass is 315 g/mol. The first-order valence-electron chi connectivity index (χ1n) is 6.34. The number of non-ortho nitro benzene ring substituents is 1. The van der Waals surface area contributed by atoms with Gasteiger partial charge in [0, 0.05) is 25.0 Å². The first-order chi connectivity index (χ1) is 9.73. The molecule has 1 aliphatic heterocycles. The Morgan fingerprint density at radius 3 is 2.33 bits per heavy atom. The highest BCUT2D eigenvalue weighted by atomic mass is 32.2. The Balaban J connectivity index is 2.54. The zero-order valence-corrected chi connectivity index (χ0v) is 12.1. The van der Waals surface area contributed by atoms with E-state index in [1.165, 1.54) is 0 Å². The number of carbonyl (C=O) groups is 1. The van der Waals surface area contributed by atoms with Gasteiger partial charge in [0.25, 0.3) is 5.69 Å². The van der Waals surface area contributed by atoms with Crippen molar-refractivity contribution < 1.29 is 27.1 Å². The van der Waals surface area contributed by atoms with Crippen LogP contribution in [0.3, 0.4) is 0 Å². The maximum absolute atomic E-state index is 12.7. The Labute approximate surface area is 121 Å². The summed E-state index contributed by atoms with van der Waals surface area (Å²) in [5.41, 5.74) is -0.245. The van der Waals surface area contributed by atoms with Crippen molar-refractivity contribution in [2.75, 3.05) is 6.54 Å². The van der Waals surface area contributed by atoms with Crippen LogP contribution in [-0.4, -0.2) is 41.0 Å². The van der Waals surface area contributed by atoms with Gasteiger partial charge in [-0.25, -0.2) is 0 Å². The van der Waals surface area contributed by atoms with Gasteiger partial charge in [-0.2, -0.15) is 13.2 Å². The lowest BCUT2D eigenvalue weighted by molar-refractivity contribution is -0.741. The fraction of sp³-hybridized carbons (Fsp3) is 0.417. The predicted octanol–water partition coefficient (Wildman–Crippen LogP) is 1.96. The lowest BCUT2D eigenvalue weighted by Crippen LogP contribution is -2.58. The van der Waals surface area contributed by atoms with E-state index in [1.807, 2.05) is 0 Å². The molecule has 0 bridgehead atoms. The minimum Gasteiger partial charge on any atom is -0.435 e. The number of rotatable bonds is 3. The molecule has 0 aromatic heterocycles. The molecule has 0 spiro atoms. The predicted molar refractivity (Wildman–Crippen MR) is 72.1 cm³/mol.